The van der Waals surface area contributed by atoms with E-state index < -0.39 is 17.4 Å². The molecule has 0 radical (unpaired) electrons. The number of ketones is 1. The van der Waals surface area contributed by atoms with Crippen LogP contribution in [0, 0.1) is 11.6 Å². The van der Waals surface area contributed by atoms with Crippen molar-refractivity contribution in [2.24, 2.45) is 0 Å². The molecule has 0 unspecified atom stereocenters. The van der Waals surface area contributed by atoms with Gasteiger partial charge in [-0.2, -0.15) is 0 Å². The number of rotatable bonds is 3. The number of methoxy groups -OCH3 is 1. The molecule has 2 aromatic rings. The summed E-state index contributed by atoms with van der Waals surface area (Å²) in [6.07, 6.45) is 0. The Hall–Kier alpha value is -1.94. The predicted molar refractivity (Wildman–Crippen MR) is 67.8 cm³/mol. The maximum Gasteiger partial charge on any atom is 0.198 e. The third-order valence-electron chi connectivity index (χ3n) is 2.61. The van der Waals surface area contributed by atoms with E-state index in [0.717, 1.165) is 12.1 Å². The molecule has 0 atom stereocenters. The third-order valence-corrected chi connectivity index (χ3v) is 2.92. The summed E-state index contributed by atoms with van der Waals surface area (Å²) in [4.78, 5) is 12.3. The van der Waals surface area contributed by atoms with Crippen LogP contribution in [0.4, 0.5) is 8.78 Å². The first-order chi connectivity index (χ1) is 9.04. The fourth-order valence-corrected chi connectivity index (χ4v) is 1.91. The van der Waals surface area contributed by atoms with E-state index in [9.17, 15) is 13.6 Å². The minimum atomic E-state index is -1.12. The van der Waals surface area contributed by atoms with Gasteiger partial charge in [-0.15, -0.1) is 0 Å². The molecule has 0 spiro atoms. The summed E-state index contributed by atoms with van der Waals surface area (Å²) >= 11 is 5.77. The van der Waals surface area contributed by atoms with E-state index in [1.807, 2.05) is 0 Å². The van der Waals surface area contributed by atoms with E-state index in [-0.39, 0.29) is 16.1 Å². The number of hydrogen-bond acceptors (Lipinski definition) is 2. The summed E-state index contributed by atoms with van der Waals surface area (Å²) in [6, 6.07) is 8.03. The number of ether oxygens (including phenoxy) is 1. The second-order valence-corrected chi connectivity index (χ2v) is 4.18. The molecule has 0 aliphatic rings. The van der Waals surface area contributed by atoms with E-state index in [4.69, 9.17) is 16.3 Å². The van der Waals surface area contributed by atoms with Gasteiger partial charge in [-0.3, -0.25) is 4.79 Å². The minimum Gasteiger partial charge on any atom is -0.496 e. The average molecular weight is 283 g/mol. The summed E-state index contributed by atoms with van der Waals surface area (Å²) in [5, 5.41) is -0.144. The van der Waals surface area contributed by atoms with Gasteiger partial charge >= 0.3 is 0 Å². The van der Waals surface area contributed by atoms with Crippen LogP contribution < -0.4 is 4.74 Å². The van der Waals surface area contributed by atoms with Gasteiger partial charge in [-0.1, -0.05) is 23.7 Å². The number of hydrogen-bond donors (Lipinski definition) is 0. The molecular weight excluding hydrogens is 274 g/mol. The molecule has 98 valence electrons. The first kappa shape index (κ1) is 13.5. The smallest absolute Gasteiger partial charge is 0.198 e. The lowest BCUT2D eigenvalue weighted by atomic mass is 10.0. The molecule has 2 nitrogen and oxygen atoms in total. The molecular formula is C14H9ClF2O2. The lowest BCUT2D eigenvalue weighted by Crippen LogP contribution is -2.06. The molecule has 0 amide bonds. The van der Waals surface area contributed by atoms with Crippen molar-refractivity contribution in [3.8, 4) is 5.75 Å². The van der Waals surface area contributed by atoms with Crippen LogP contribution in [0.5, 0.6) is 5.75 Å². The van der Waals surface area contributed by atoms with Crippen molar-refractivity contribution in [1.29, 1.82) is 0 Å². The number of benzene rings is 2. The highest BCUT2D eigenvalue weighted by Gasteiger charge is 2.19. The molecule has 0 aliphatic carbocycles. The molecule has 19 heavy (non-hydrogen) atoms. The number of para-hydroxylation sites is 1. The second-order valence-electron chi connectivity index (χ2n) is 3.78. The van der Waals surface area contributed by atoms with Crippen molar-refractivity contribution >= 4 is 17.4 Å². The first-order valence-corrected chi connectivity index (χ1v) is 5.74. The van der Waals surface area contributed by atoms with Crippen LogP contribution in [-0.2, 0) is 0 Å². The molecule has 0 aromatic heterocycles. The van der Waals surface area contributed by atoms with Crippen molar-refractivity contribution in [3.05, 3.63) is 64.2 Å². The van der Waals surface area contributed by atoms with E-state index in [0.29, 0.717) is 5.75 Å². The SMILES string of the molecule is COc1ccccc1C(=O)c1cc(F)c(F)cc1Cl. The Labute approximate surface area is 113 Å². The van der Waals surface area contributed by atoms with Gasteiger partial charge in [-0.05, 0) is 24.3 Å². The lowest BCUT2D eigenvalue weighted by Gasteiger charge is -2.08. The topological polar surface area (TPSA) is 26.3 Å². The molecule has 0 aliphatic heterocycles. The highest BCUT2D eigenvalue weighted by atomic mass is 35.5. The second kappa shape index (κ2) is 5.36. The largest absolute Gasteiger partial charge is 0.496 e. The zero-order valence-electron chi connectivity index (χ0n) is 9.91. The van der Waals surface area contributed by atoms with Gasteiger partial charge < -0.3 is 4.74 Å². The van der Waals surface area contributed by atoms with Crippen LogP contribution in [0.2, 0.25) is 5.02 Å². The van der Waals surface area contributed by atoms with Crippen LogP contribution >= 0.6 is 11.6 Å². The lowest BCUT2D eigenvalue weighted by molar-refractivity contribution is 0.103. The molecule has 0 saturated carbocycles. The molecule has 0 bridgehead atoms. The highest BCUT2D eigenvalue weighted by molar-refractivity contribution is 6.35. The van der Waals surface area contributed by atoms with Gasteiger partial charge in [0.2, 0.25) is 0 Å². The highest BCUT2D eigenvalue weighted by Crippen LogP contribution is 2.26. The fourth-order valence-electron chi connectivity index (χ4n) is 1.67. The molecule has 0 N–H and O–H groups in total. The van der Waals surface area contributed by atoms with Gasteiger partial charge in [0.25, 0.3) is 0 Å². The normalized spacial score (nSPS) is 10.3. The number of halogens is 3. The molecule has 2 aromatic carbocycles. The zero-order chi connectivity index (χ0) is 14.0. The molecule has 0 saturated heterocycles. The maximum atomic E-state index is 13.2. The van der Waals surface area contributed by atoms with Gasteiger partial charge in [0, 0.05) is 5.56 Å². The standard InChI is InChI=1S/C14H9ClF2O2/c1-19-13-5-3-2-4-8(13)14(18)9-6-11(16)12(17)7-10(9)15/h2-7H,1H3. The first-order valence-electron chi connectivity index (χ1n) is 5.37. The van der Waals surface area contributed by atoms with E-state index in [1.165, 1.54) is 13.2 Å². The summed E-state index contributed by atoms with van der Waals surface area (Å²) in [6.45, 7) is 0. The Bertz CT molecular complexity index is 641. The number of carbonyl (C=O) groups excluding carboxylic acids is 1. The van der Waals surface area contributed by atoms with Gasteiger partial charge in [0.05, 0.1) is 17.7 Å². The van der Waals surface area contributed by atoms with Gasteiger partial charge in [0.15, 0.2) is 17.4 Å². The van der Waals surface area contributed by atoms with E-state index >= 15 is 0 Å². The summed E-state index contributed by atoms with van der Waals surface area (Å²) in [5.41, 5.74) is 0.128. The Kier molecular flexibility index (Phi) is 3.81. The average Bonchev–Trinajstić information content (AvgIpc) is 2.42. The Morgan fingerprint density at radius 2 is 1.74 bits per heavy atom. The summed E-state index contributed by atoms with van der Waals surface area (Å²) in [7, 11) is 1.42. The van der Waals surface area contributed by atoms with E-state index in [2.05, 4.69) is 0 Å². The van der Waals surface area contributed by atoms with Crippen molar-refractivity contribution in [2.45, 2.75) is 0 Å². The van der Waals surface area contributed by atoms with Crippen molar-refractivity contribution in [3.63, 3.8) is 0 Å². The molecule has 0 fully saturated rings. The predicted octanol–water partition coefficient (Wildman–Crippen LogP) is 3.86. The fraction of sp³-hybridized carbons (Fsp3) is 0.0714. The van der Waals surface area contributed by atoms with Crippen molar-refractivity contribution in [2.75, 3.05) is 7.11 Å². The van der Waals surface area contributed by atoms with Crippen LogP contribution in [0.1, 0.15) is 15.9 Å². The van der Waals surface area contributed by atoms with E-state index in [1.54, 1.807) is 18.2 Å². The maximum absolute atomic E-state index is 13.2. The summed E-state index contributed by atoms with van der Waals surface area (Å²) in [5.74, 6) is -2.40. The van der Waals surface area contributed by atoms with Crippen LogP contribution in [0.3, 0.4) is 0 Å². The van der Waals surface area contributed by atoms with Crippen molar-refractivity contribution < 1.29 is 18.3 Å². The van der Waals surface area contributed by atoms with Crippen LogP contribution in [-0.4, -0.2) is 12.9 Å². The number of carbonyl (C=O) groups is 1. The zero-order valence-corrected chi connectivity index (χ0v) is 10.7. The monoisotopic (exact) mass is 282 g/mol. The minimum absolute atomic E-state index is 0.106. The van der Waals surface area contributed by atoms with Gasteiger partial charge in [0.1, 0.15) is 5.75 Å². The van der Waals surface area contributed by atoms with Gasteiger partial charge in [-0.25, -0.2) is 8.78 Å². The Morgan fingerprint density at radius 3 is 2.42 bits per heavy atom. The molecule has 2 rings (SSSR count). The third kappa shape index (κ3) is 2.58. The van der Waals surface area contributed by atoms with Crippen LogP contribution in [0.15, 0.2) is 36.4 Å². The molecule has 5 heteroatoms. The molecule has 0 heterocycles. The quantitative estimate of drug-likeness (QED) is 0.631. The Balaban J connectivity index is 2.53. The van der Waals surface area contributed by atoms with Crippen molar-refractivity contribution in [1.82, 2.24) is 0 Å². The Morgan fingerprint density at radius 1 is 1.11 bits per heavy atom. The summed E-state index contributed by atoms with van der Waals surface area (Å²) < 4.78 is 31.2. The van der Waals surface area contributed by atoms with Crippen LogP contribution in [0.25, 0.3) is 0 Å².